The fourth-order valence-electron chi connectivity index (χ4n) is 3.06. The van der Waals surface area contributed by atoms with Crippen LogP contribution in [-0.4, -0.2) is 64.3 Å². The lowest BCUT2D eigenvalue weighted by Crippen LogP contribution is -2.55. The molecule has 4 N–H and O–H groups in total. The molecule has 0 spiro atoms. The van der Waals surface area contributed by atoms with Gasteiger partial charge in [-0.05, 0) is 12.3 Å². The number of hydrogen-bond acceptors (Lipinski definition) is 4. The number of nitrogens with one attached hydrogen (secondary N) is 1. The Bertz CT molecular complexity index is 525. The molecule has 0 aromatic carbocycles. The topological polar surface area (TPSA) is 133 Å². The summed E-state index contributed by atoms with van der Waals surface area (Å²) in [7, 11) is 1.33. The molecule has 0 heterocycles. The lowest BCUT2D eigenvalue weighted by molar-refractivity contribution is -0.142. The molecule has 1 atom stereocenters. The average Bonchev–Trinajstić information content (AvgIpc) is 2.62. The van der Waals surface area contributed by atoms with Crippen molar-refractivity contribution >= 4 is 35.4 Å². The molecule has 4 amide bonds. The van der Waals surface area contributed by atoms with Crippen molar-refractivity contribution in [2.45, 2.75) is 51.0 Å². The number of rotatable bonds is 8. The number of likely N-dealkylation sites (N-methyl/N-ethyl adjacent to an activating group) is 1. The summed E-state index contributed by atoms with van der Waals surface area (Å²) in [5.74, 6) is -1.99. The minimum absolute atomic E-state index is 0.125. The molecule has 0 bridgehead atoms. The molecule has 148 valence electrons. The number of amides is 4. The third-order valence-electron chi connectivity index (χ3n) is 4.60. The Kier molecular flexibility index (Phi) is 9.18. The van der Waals surface area contributed by atoms with Crippen molar-refractivity contribution in [2.75, 3.05) is 19.5 Å². The SMILES string of the molecule is CN(C(=O)O)C(CC1CCCCC1)C(=O)NN(CCC(N)=O)C(=O)CCl. The number of hydrazine groups is 1. The smallest absolute Gasteiger partial charge is 0.407 e. The summed E-state index contributed by atoms with van der Waals surface area (Å²) >= 11 is 5.53. The van der Waals surface area contributed by atoms with Crippen molar-refractivity contribution < 1.29 is 24.3 Å². The molecule has 1 fully saturated rings. The summed E-state index contributed by atoms with van der Waals surface area (Å²) in [4.78, 5) is 47.8. The maximum Gasteiger partial charge on any atom is 0.407 e. The van der Waals surface area contributed by atoms with Crippen LogP contribution in [0.1, 0.15) is 44.9 Å². The molecule has 1 unspecified atom stereocenters. The lowest BCUT2D eigenvalue weighted by atomic mass is 9.84. The quantitative estimate of drug-likeness (QED) is 0.418. The van der Waals surface area contributed by atoms with Gasteiger partial charge in [0.15, 0.2) is 0 Å². The summed E-state index contributed by atoms with van der Waals surface area (Å²) in [5, 5.41) is 10.2. The number of primary amides is 1. The maximum atomic E-state index is 12.7. The summed E-state index contributed by atoms with van der Waals surface area (Å²) in [5.41, 5.74) is 7.47. The third kappa shape index (κ3) is 7.07. The number of nitrogens with zero attached hydrogens (tertiary/aromatic N) is 2. The van der Waals surface area contributed by atoms with Crippen molar-refractivity contribution in [3.05, 3.63) is 0 Å². The highest BCUT2D eigenvalue weighted by atomic mass is 35.5. The van der Waals surface area contributed by atoms with E-state index in [1.165, 1.54) is 7.05 Å². The van der Waals surface area contributed by atoms with Crippen LogP contribution < -0.4 is 11.2 Å². The first-order valence-electron chi connectivity index (χ1n) is 8.67. The highest BCUT2D eigenvalue weighted by Gasteiger charge is 2.32. The zero-order chi connectivity index (χ0) is 19.7. The normalized spacial score (nSPS) is 15.8. The number of halogens is 1. The van der Waals surface area contributed by atoms with Crippen molar-refractivity contribution in [3.8, 4) is 0 Å². The molecule has 1 rings (SSSR count). The monoisotopic (exact) mass is 390 g/mol. The van der Waals surface area contributed by atoms with E-state index in [9.17, 15) is 24.3 Å². The molecule has 0 radical (unpaired) electrons. The Balaban J connectivity index is 2.84. The van der Waals surface area contributed by atoms with Gasteiger partial charge in [0.05, 0.1) is 6.54 Å². The van der Waals surface area contributed by atoms with Crippen LogP contribution in [0.5, 0.6) is 0 Å². The lowest BCUT2D eigenvalue weighted by Gasteiger charge is -2.32. The molecule has 9 nitrogen and oxygen atoms in total. The highest BCUT2D eigenvalue weighted by molar-refractivity contribution is 6.27. The minimum atomic E-state index is -1.23. The van der Waals surface area contributed by atoms with Crippen LogP contribution in [0.15, 0.2) is 0 Å². The van der Waals surface area contributed by atoms with E-state index in [4.69, 9.17) is 17.3 Å². The Morgan fingerprint density at radius 2 is 1.85 bits per heavy atom. The van der Waals surface area contributed by atoms with Crippen LogP contribution in [0.25, 0.3) is 0 Å². The maximum absolute atomic E-state index is 12.7. The number of hydrogen-bond donors (Lipinski definition) is 3. The molecule has 0 aromatic heterocycles. The molecule has 0 aliphatic heterocycles. The van der Waals surface area contributed by atoms with Gasteiger partial charge in [-0.25, -0.2) is 4.79 Å². The molecule has 1 aliphatic carbocycles. The second-order valence-electron chi connectivity index (χ2n) is 6.52. The van der Waals surface area contributed by atoms with Gasteiger partial charge in [0, 0.05) is 13.5 Å². The second kappa shape index (κ2) is 10.8. The van der Waals surface area contributed by atoms with Gasteiger partial charge in [0.2, 0.25) is 5.91 Å². The Morgan fingerprint density at radius 3 is 2.35 bits per heavy atom. The van der Waals surface area contributed by atoms with E-state index in [1.807, 2.05) is 0 Å². The second-order valence-corrected chi connectivity index (χ2v) is 6.79. The zero-order valence-corrected chi connectivity index (χ0v) is 15.7. The van der Waals surface area contributed by atoms with Crippen LogP contribution in [-0.2, 0) is 14.4 Å². The third-order valence-corrected chi connectivity index (χ3v) is 4.82. The predicted octanol–water partition coefficient (Wildman–Crippen LogP) is 0.909. The summed E-state index contributed by atoms with van der Waals surface area (Å²) in [6.07, 6.45) is 4.17. The van der Waals surface area contributed by atoms with Crippen molar-refractivity contribution in [2.24, 2.45) is 11.7 Å². The van der Waals surface area contributed by atoms with Crippen LogP contribution in [0.3, 0.4) is 0 Å². The molecule has 1 saturated carbocycles. The number of carboxylic acid groups (broad SMARTS) is 1. The van der Waals surface area contributed by atoms with E-state index in [1.54, 1.807) is 0 Å². The predicted molar refractivity (Wildman–Crippen MR) is 95.2 cm³/mol. The molecule has 10 heteroatoms. The van der Waals surface area contributed by atoms with E-state index >= 15 is 0 Å². The minimum Gasteiger partial charge on any atom is -0.465 e. The van der Waals surface area contributed by atoms with Crippen LogP contribution in [0.4, 0.5) is 4.79 Å². The van der Waals surface area contributed by atoms with Gasteiger partial charge in [0.1, 0.15) is 11.9 Å². The average molecular weight is 391 g/mol. The van der Waals surface area contributed by atoms with Gasteiger partial charge < -0.3 is 10.8 Å². The van der Waals surface area contributed by atoms with E-state index in [2.05, 4.69) is 5.43 Å². The summed E-state index contributed by atoms with van der Waals surface area (Å²) < 4.78 is 0. The van der Waals surface area contributed by atoms with Crippen molar-refractivity contribution in [1.82, 2.24) is 15.3 Å². The molecule has 26 heavy (non-hydrogen) atoms. The van der Waals surface area contributed by atoms with Crippen molar-refractivity contribution in [3.63, 3.8) is 0 Å². The first-order chi connectivity index (χ1) is 12.3. The van der Waals surface area contributed by atoms with Crippen LogP contribution >= 0.6 is 11.6 Å². The zero-order valence-electron chi connectivity index (χ0n) is 14.9. The summed E-state index contributed by atoms with van der Waals surface area (Å²) in [6, 6.07) is -0.935. The number of carbonyl (C=O) groups is 4. The summed E-state index contributed by atoms with van der Waals surface area (Å²) in [6.45, 7) is -0.125. The fraction of sp³-hybridized carbons (Fsp3) is 0.750. The molecule has 1 aliphatic rings. The van der Waals surface area contributed by atoms with Crippen molar-refractivity contribution in [1.29, 1.82) is 0 Å². The molecular formula is C16H27ClN4O5. The van der Waals surface area contributed by atoms with Crippen LogP contribution in [0, 0.1) is 5.92 Å². The van der Waals surface area contributed by atoms with E-state index in [0.717, 1.165) is 42.0 Å². The van der Waals surface area contributed by atoms with Gasteiger partial charge in [-0.3, -0.25) is 29.7 Å². The van der Waals surface area contributed by atoms with Gasteiger partial charge in [-0.1, -0.05) is 32.1 Å². The molecule has 0 saturated heterocycles. The standard InChI is InChI=1S/C16H27ClN4O5/c1-20(16(25)26)12(9-11-5-3-2-4-6-11)15(24)19-21(14(23)10-17)8-7-13(18)22/h11-12H,2-10H2,1H3,(H2,18,22)(H,19,24)(H,25,26). The largest absolute Gasteiger partial charge is 0.465 e. The fourth-order valence-corrected chi connectivity index (χ4v) is 3.20. The van der Waals surface area contributed by atoms with Gasteiger partial charge in [-0.15, -0.1) is 11.6 Å². The van der Waals surface area contributed by atoms with E-state index < -0.39 is 29.9 Å². The Hall–Kier alpha value is -2.03. The van der Waals surface area contributed by atoms with Crippen LogP contribution in [0.2, 0.25) is 0 Å². The molecule has 0 aromatic rings. The van der Waals surface area contributed by atoms with Gasteiger partial charge in [-0.2, -0.15) is 0 Å². The van der Waals surface area contributed by atoms with E-state index in [0.29, 0.717) is 6.42 Å². The first kappa shape index (κ1) is 22.0. The first-order valence-corrected chi connectivity index (χ1v) is 9.20. The van der Waals surface area contributed by atoms with Gasteiger partial charge in [0.25, 0.3) is 11.8 Å². The number of carbonyl (C=O) groups excluding carboxylic acids is 3. The van der Waals surface area contributed by atoms with E-state index in [-0.39, 0.29) is 24.8 Å². The number of alkyl halides is 1. The number of nitrogens with two attached hydrogens (primary N) is 1. The molecular weight excluding hydrogens is 364 g/mol. The Labute approximate surface area is 157 Å². The van der Waals surface area contributed by atoms with Gasteiger partial charge >= 0.3 is 6.09 Å². The Morgan fingerprint density at radius 1 is 1.23 bits per heavy atom. The highest BCUT2D eigenvalue weighted by Crippen LogP contribution is 2.28.